The Balaban J connectivity index is 1.57. The largest absolute Gasteiger partial charge is 0.480 e. The molecule has 4 nitrogen and oxygen atoms in total. The summed E-state index contributed by atoms with van der Waals surface area (Å²) in [4.78, 5) is 25.6. The van der Waals surface area contributed by atoms with E-state index in [4.69, 9.17) is 0 Å². The number of nitrogens with zero attached hydrogens (tertiary/aromatic N) is 1. The molecule has 1 aromatic carbocycles. The van der Waals surface area contributed by atoms with Crippen LogP contribution >= 0.6 is 11.8 Å². The highest BCUT2D eigenvalue weighted by molar-refractivity contribution is 7.99. The molecule has 2 aliphatic carbocycles. The van der Waals surface area contributed by atoms with Gasteiger partial charge in [0.2, 0.25) is 5.91 Å². The van der Waals surface area contributed by atoms with Gasteiger partial charge in [-0.15, -0.1) is 11.8 Å². The van der Waals surface area contributed by atoms with E-state index in [1.54, 1.807) is 4.90 Å². The average molecular weight is 303 g/mol. The zero-order valence-corrected chi connectivity index (χ0v) is 12.4. The average Bonchev–Trinajstić information content (AvgIpc) is 3.02. The van der Waals surface area contributed by atoms with E-state index in [2.05, 4.69) is 18.2 Å². The van der Waals surface area contributed by atoms with Crippen molar-refractivity contribution in [3.05, 3.63) is 35.4 Å². The number of rotatable bonds is 2. The number of carboxylic acids is 1. The van der Waals surface area contributed by atoms with Gasteiger partial charge in [0.1, 0.15) is 6.04 Å². The highest BCUT2D eigenvalue weighted by Gasteiger charge is 2.59. The molecule has 1 N–H and O–H groups in total. The van der Waals surface area contributed by atoms with Crippen LogP contribution in [0.1, 0.15) is 23.5 Å². The maximum absolute atomic E-state index is 12.7. The Morgan fingerprint density at radius 1 is 1.29 bits per heavy atom. The van der Waals surface area contributed by atoms with E-state index in [9.17, 15) is 14.7 Å². The number of carboxylic acid groups (broad SMARTS) is 1. The van der Waals surface area contributed by atoms with Gasteiger partial charge in [-0.1, -0.05) is 24.3 Å². The topological polar surface area (TPSA) is 57.6 Å². The standard InChI is InChI=1S/C16H17NO3S/c18-15(17-8-21-7-12(17)16(19)20)14-11-6-5-9-3-1-2-4-10(9)13(11)14/h1-4,11-14H,5-8H2,(H,19,20)/t11?,12-,13?,14?/m0/s1. The molecule has 1 aliphatic heterocycles. The third-order valence-corrected chi connectivity index (χ3v) is 6.08. The highest BCUT2D eigenvalue weighted by Crippen LogP contribution is 2.60. The third-order valence-electron chi connectivity index (χ3n) is 5.07. The van der Waals surface area contributed by atoms with Crippen molar-refractivity contribution in [1.29, 1.82) is 0 Å². The zero-order valence-electron chi connectivity index (χ0n) is 11.6. The van der Waals surface area contributed by atoms with Crippen molar-refractivity contribution in [3.8, 4) is 0 Å². The van der Waals surface area contributed by atoms with Crippen molar-refractivity contribution >= 4 is 23.6 Å². The van der Waals surface area contributed by atoms with Gasteiger partial charge < -0.3 is 10.0 Å². The van der Waals surface area contributed by atoms with Gasteiger partial charge in [-0.2, -0.15) is 0 Å². The van der Waals surface area contributed by atoms with Crippen LogP contribution in [0, 0.1) is 11.8 Å². The number of aliphatic carboxylic acids is 1. The fourth-order valence-electron chi connectivity index (χ4n) is 3.96. The molecule has 5 heteroatoms. The number of carbonyl (C=O) groups is 2. The molecule has 21 heavy (non-hydrogen) atoms. The van der Waals surface area contributed by atoms with Gasteiger partial charge >= 0.3 is 5.97 Å². The zero-order chi connectivity index (χ0) is 14.6. The second-order valence-corrected chi connectivity index (χ2v) is 7.11. The lowest BCUT2D eigenvalue weighted by Crippen LogP contribution is -2.42. The van der Waals surface area contributed by atoms with Gasteiger partial charge in [0.15, 0.2) is 0 Å². The molecule has 0 aromatic heterocycles. The summed E-state index contributed by atoms with van der Waals surface area (Å²) < 4.78 is 0. The van der Waals surface area contributed by atoms with Crippen LogP contribution in [0.3, 0.4) is 0 Å². The smallest absolute Gasteiger partial charge is 0.327 e. The molecular formula is C16H17NO3S. The minimum Gasteiger partial charge on any atom is -0.480 e. The third kappa shape index (κ3) is 1.98. The second kappa shape index (κ2) is 4.77. The lowest BCUT2D eigenvalue weighted by Gasteiger charge is -2.20. The van der Waals surface area contributed by atoms with Gasteiger partial charge in [-0.3, -0.25) is 4.79 Å². The predicted octanol–water partition coefficient (Wildman–Crippen LogP) is 1.95. The summed E-state index contributed by atoms with van der Waals surface area (Å²) >= 11 is 1.54. The normalized spacial score (nSPS) is 33.2. The van der Waals surface area contributed by atoms with Crippen LogP contribution in [0.25, 0.3) is 0 Å². The minimum absolute atomic E-state index is 0.00852. The fraction of sp³-hybridized carbons (Fsp3) is 0.500. The molecule has 110 valence electrons. The summed E-state index contributed by atoms with van der Waals surface area (Å²) in [5.74, 6) is 0.966. The summed E-state index contributed by atoms with van der Waals surface area (Å²) in [6.07, 6.45) is 2.09. The van der Waals surface area contributed by atoms with Gasteiger partial charge in [-0.25, -0.2) is 4.79 Å². The predicted molar refractivity (Wildman–Crippen MR) is 80.1 cm³/mol. The molecule has 1 amide bonds. The molecular weight excluding hydrogens is 286 g/mol. The number of aryl methyl sites for hydroxylation is 1. The summed E-state index contributed by atoms with van der Waals surface area (Å²) in [7, 11) is 0. The summed E-state index contributed by atoms with van der Waals surface area (Å²) in [5, 5.41) is 9.24. The summed E-state index contributed by atoms with van der Waals surface area (Å²) in [6, 6.07) is 7.73. The van der Waals surface area contributed by atoms with E-state index in [0.717, 1.165) is 12.8 Å². The first kappa shape index (κ1) is 13.2. The van der Waals surface area contributed by atoms with E-state index in [0.29, 0.717) is 23.5 Å². The van der Waals surface area contributed by atoms with Crippen molar-refractivity contribution in [2.45, 2.75) is 24.8 Å². The van der Waals surface area contributed by atoms with E-state index >= 15 is 0 Å². The number of hydrogen-bond acceptors (Lipinski definition) is 3. The monoisotopic (exact) mass is 303 g/mol. The van der Waals surface area contributed by atoms with Crippen molar-refractivity contribution in [2.75, 3.05) is 11.6 Å². The molecule has 4 atom stereocenters. The number of hydrogen-bond donors (Lipinski definition) is 1. The first-order chi connectivity index (χ1) is 10.2. The van der Waals surface area contributed by atoms with Gasteiger partial charge in [0, 0.05) is 11.7 Å². The minimum atomic E-state index is -0.877. The van der Waals surface area contributed by atoms with Crippen LogP contribution < -0.4 is 0 Å². The first-order valence-corrected chi connectivity index (χ1v) is 8.53. The molecule has 0 bridgehead atoms. The van der Waals surface area contributed by atoms with Crippen molar-refractivity contribution < 1.29 is 14.7 Å². The van der Waals surface area contributed by atoms with E-state index in [-0.39, 0.29) is 11.8 Å². The molecule has 0 spiro atoms. The van der Waals surface area contributed by atoms with Crippen LogP contribution in [0.5, 0.6) is 0 Å². The fourth-order valence-corrected chi connectivity index (χ4v) is 5.11. The van der Waals surface area contributed by atoms with E-state index in [1.807, 2.05) is 6.07 Å². The molecule has 0 radical (unpaired) electrons. The number of benzene rings is 1. The second-order valence-electron chi connectivity index (χ2n) is 6.11. The van der Waals surface area contributed by atoms with Crippen LogP contribution in [-0.4, -0.2) is 39.6 Å². The highest BCUT2D eigenvalue weighted by atomic mass is 32.2. The Hall–Kier alpha value is -1.49. The number of thioether (sulfide) groups is 1. The quantitative estimate of drug-likeness (QED) is 0.907. The van der Waals surface area contributed by atoms with Crippen molar-refractivity contribution in [1.82, 2.24) is 4.90 Å². The molecule has 1 aromatic rings. The van der Waals surface area contributed by atoms with Crippen molar-refractivity contribution in [2.24, 2.45) is 11.8 Å². The van der Waals surface area contributed by atoms with Gasteiger partial charge in [-0.05, 0) is 35.8 Å². The summed E-state index contributed by atoms with van der Waals surface area (Å²) in [6.45, 7) is 0. The Bertz CT molecular complexity index is 617. The molecule has 1 saturated carbocycles. The van der Waals surface area contributed by atoms with E-state index in [1.165, 1.54) is 22.9 Å². The van der Waals surface area contributed by atoms with Crippen LogP contribution in [-0.2, 0) is 16.0 Å². The Kier molecular flexibility index (Phi) is 2.99. The molecule has 1 saturated heterocycles. The molecule has 2 fully saturated rings. The molecule has 3 aliphatic rings. The summed E-state index contributed by atoms with van der Waals surface area (Å²) in [5.41, 5.74) is 2.67. The van der Waals surface area contributed by atoms with Crippen LogP contribution in [0.4, 0.5) is 0 Å². The van der Waals surface area contributed by atoms with Crippen LogP contribution in [0.15, 0.2) is 24.3 Å². The molecule has 3 unspecified atom stereocenters. The van der Waals surface area contributed by atoms with Crippen LogP contribution in [0.2, 0.25) is 0 Å². The SMILES string of the molecule is O=C(O)[C@@H]1CSCN1C(=O)C1C2CCc3ccccc3C21. The lowest BCUT2D eigenvalue weighted by molar-refractivity contribution is -0.148. The molecule has 1 heterocycles. The number of amides is 1. The Morgan fingerprint density at radius 3 is 2.90 bits per heavy atom. The maximum Gasteiger partial charge on any atom is 0.327 e. The van der Waals surface area contributed by atoms with Crippen molar-refractivity contribution in [3.63, 3.8) is 0 Å². The lowest BCUT2D eigenvalue weighted by atomic mass is 9.92. The maximum atomic E-state index is 12.7. The van der Waals surface area contributed by atoms with Gasteiger partial charge in [0.05, 0.1) is 5.88 Å². The Morgan fingerprint density at radius 2 is 2.10 bits per heavy atom. The van der Waals surface area contributed by atoms with Gasteiger partial charge in [0.25, 0.3) is 0 Å². The number of carbonyl (C=O) groups excluding carboxylic acids is 1. The van der Waals surface area contributed by atoms with E-state index < -0.39 is 12.0 Å². The molecule has 4 rings (SSSR count). The number of fused-ring (bicyclic) bond motifs is 3. The first-order valence-electron chi connectivity index (χ1n) is 7.37. The Labute approximate surface area is 127 Å².